The van der Waals surface area contributed by atoms with Crippen LogP contribution in [0, 0.1) is 0 Å². The second kappa shape index (κ2) is 4.93. The second-order valence-corrected chi connectivity index (χ2v) is 4.31. The molecule has 0 bridgehead atoms. The first kappa shape index (κ1) is 15.1. The fourth-order valence-electron chi connectivity index (χ4n) is 0.596. The number of carboxylic acid groups (broad SMARTS) is 1. The lowest BCUT2D eigenvalue weighted by molar-refractivity contribution is -0.192. The molecule has 0 aliphatic carbocycles. The van der Waals surface area contributed by atoms with Crippen molar-refractivity contribution < 1.29 is 35.9 Å². The van der Waals surface area contributed by atoms with Crippen molar-refractivity contribution in [2.75, 3.05) is 13.1 Å². The molecule has 96 valence electrons. The predicted octanol–water partition coefficient (Wildman–Crippen LogP) is -0.523. The molecule has 0 radical (unpaired) electrons. The molecule has 6 nitrogen and oxygen atoms in total. The number of carbonyl (C=O) groups is 1. The summed E-state index contributed by atoms with van der Waals surface area (Å²) in [6, 6.07) is 0. The van der Waals surface area contributed by atoms with Gasteiger partial charge in [0.2, 0.25) is 0 Å². The number of carboxylic acids is 1. The van der Waals surface area contributed by atoms with Gasteiger partial charge < -0.3 is 5.11 Å². The van der Waals surface area contributed by atoms with Crippen molar-refractivity contribution in [3.8, 4) is 0 Å². The van der Waals surface area contributed by atoms with Crippen LogP contribution in [0.2, 0.25) is 0 Å². The molecule has 3 N–H and O–H groups in total. The van der Waals surface area contributed by atoms with Crippen LogP contribution in [0.3, 0.4) is 0 Å². The zero-order valence-corrected chi connectivity index (χ0v) is 8.42. The lowest BCUT2D eigenvalue weighted by Gasteiger charge is -2.30. The molecule has 0 spiro atoms. The van der Waals surface area contributed by atoms with Gasteiger partial charge in [0.1, 0.15) is 6.17 Å². The summed E-state index contributed by atoms with van der Waals surface area (Å²) in [6.07, 6.45) is -6.11. The van der Waals surface area contributed by atoms with Crippen LogP contribution >= 0.6 is 0 Å². The summed E-state index contributed by atoms with van der Waals surface area (Å²) >= 11 is 0. The Bertz CT molecular complexity index is 348. The summed E-state index contributed by atoms with van der Waals surface area (Å²) in [5.74, 6) is -2.76. The van der Waals surface area contributed by atoms with E-state index in [0.717, 1.165) is 4.31 Å². The maximum Gasteiger partial charge on any atom is 0.490 e. The fraction of sp³-hybridized carbons (Fsp3) is 0.800. The lowest BCUT2D eigenvalue weighted by atomic mass is 10.3. The third kappa shape index (κ3) is 5.23. The topological polar surface area (TPSA) is 101 Å². The van der Waals surface area contributed by atoms with Gasteiger partial charge in [0, 0.05) is 13.1 Å². The Kier molecular flexibility index (Phi) is 4.64. The van der Waals surface area contributed by atoms with Gasteiger partial charge in [0.05, 0.1) is 0 Å². The van der Waals surface area contributed by atoms with E-state index in [-0.39, 0.29) is 13.1 Å². The summed E-state index contributed by atoms with van der Waals surface area (Å²) < 4.78 is 65.2. The summed E-state index contributed by atoms with van der Waals surface area (Å²) in [4.78, 5) is 8.90. The molecule has 1 aliphatic rings. The number of nitrogens with zero attached hydrogens (tertiary/aromatic N) is 1. The summed E-state index contributed by atoms with van der Waals surface area (Å²) in [7, 11) is -3.61. The van der Waals surface area contributed by atoms with Crippen molar-refractivity contribution in [2.45, 2.75) is 12.3 Å². The second-order valence-electron chi connectivity index (χ2n) is 2.76. The van der Waals surface area contributed by atoms with E-state index in [9.17, 15) is 26.0 Å². The number of halogens is 4. The number of hydrogen-bond donors (Lipinski definition) is 2. The first-order valence-corrected chi connectivity index (χ1v) is 5.17. The Morgan fingerprint density at radius 1 is 1.38 bits per heavy atom. The maximum absolute atomic E-state index is 11.9. The van der Waals surface area contributed by atoms with Crippen molar-refractivity contribution in [3.05, 3.63) is 0 Å². The van der Waals surface area contributed by atoms with Gasteiger partial charge >= 0.3 is 12.1 Å². The highest BCUT2D eigenvalue weighted by Crippen LogP contribution is 2.13. The number of rotatable bonds is 1. The average Bonchev–Trinajstić information content (AvgIpc) is 1.96. The third-order valence-corrected chi connectivity index (χ3v) is 2.42. The van der Waals surface area contributed by atoms with Crippen molar-refractivity contribution >= 4 is 16.2 Å². The van der Waals surface area contributed by atoms with Crippen LogP contribution in [0.25, 0.3) is 0 Å². The van der Waals surface area contributed by atoms with E-state index >= 15 is 0 Å². The summed E-state index contributed by atoms with van der Waals surface area (Å²) in [5.41, 5.74) is 0. The molecule has 0 aromatic rings. The van der Waals surface area contributed by atoms with Gasteiger partial charge in [-0.05, 0) is 0 Å². The Hall–Kier alpha value is -0.940. The van der Waals surface area contributed by atoms with Crippen molar-refractivity contribution in [1.29, 1.82) is 0 Å². The monoisotopic (exact) mass is 268 g/mol. The minimum absolute atomic E-state index is 0.0845. The fourth-order valence-corrected chi connectivity index (χ4v) is 1.34. The van der Waals surface area contributed by atoms with E-state index in [0.29, 0.717) is 0 Å². The zero-order chi connectivity index (χ0) is 13.1. The van der Waals surface area contributed by atoms with E-state index < -0.39 is 28.5 Å². The highest BCUT2D eigenvalue weighted by Gasteiger charge is 2.38. The summed E-state index contributed by atoms with van der Waals surface area (Å²) in [5, 5.41) is 11.8. The Labute approximate surface area is 87.8 Å². The number of alkyl halides is 4. The molecule has 1 fully saturated rings. The maximum atomic E-state index is 11.9. The molecule has 16 heavy (non-hydrogen) atoms. The highest BCUT2D eigenvalue weighted by atomic mass is 32.2. The van der Waals surface area contributed by atoms with Crippen LogP contribution in [0.15, 0.2) is 0 Å². The molecular formula is C5H8F4N2O4S. The third-order valence-electron chi connectivity index (χ3n) is 1.41. The molecule has 0 atom stereocenters. The molecule has 1 heterocycles. The first-order valence-electron chi connectivity index (χ1n) is 3.66. The van der Waals surface area contributed by atoms with Crippen molar-refractivity contribution in [3.63, 3.8) is 0 Å². The Morgan fingerprint density at radius 3 is 1.75 bits per heavy atom. The molecule has 1 saturated heterocycles. The quantitative estimate of drug-likeness (QED) is 0.624. The molecular weight excluding hydrogens is 260 g/mol. The predicted molar refractivity (Wildman–Crippen MR) is 43.3 cm³/mol. The Morgan fingerprint density at radius 2 is 1.69 bits per heavy atom. The van der Waals surface area contributed by atoms with Crippen molar-refractivity contribution in [2.24, 2.45) is 5.14 Å². The van der Waals surface area contributed by atoms with E-state index in [1.54, 1.807) is 0 Å². The van der Waals surface area contributed by atoms with Crippen LogP contribution in [0.1, 0.15) is 0 Å². The van der Waals surface area contributed by atoms with Gasteiger partial charge in [-0.25, -0.2) is 14.3 Å². The van der Waals surface area contributed by atoms with Crippen molar-refractivity contribution in [1.82, 2.24) is 4.31 Å². The molecule has 1 rings (SSSR count). The first-order chi connectivity index (χ1) is 6.94. The largest absolute Gasteiger partial charge is 0.490 e. The minimum atomic E-state index is -5.08. The standard InChI is InChI=1S/C3H7FN2O2S.C2HF3O2/c4-3-1-6(2-3)9(5,7)8;3-2(4,5)1(6)7/h3H,1-2H2,(H2,5,7,8);(H,6,7). The number of nitrogens with two attached hydrogens (primary N) is 1. The van der Waals surface area contributed by atoms with Gasteiger partial charge in [0.25, 0.3) is 10.2 Å². The molecule has 11 heteroatoms. The molecule has 0 aromatic carbocycles. The van der Waals surface area contributed by atoms with Gasteiger partial charge in [-0.15, -0.1) is 0 Å². The smallest absolute Gasteiger partial charge is 0.475 e. The highest BCUT2D eigenvalue weighted by molar-refractivity contribution is 7.86. The van der Waals surface area contributed by atoms with Crippen LogP contribution in [0.5, 0.6) is 0 Å². The number of aliphatic carboxylic acids is 1. The van der Waals surface area contributed by atoms with Gasteiger partial charge in [-0.2, -0.15) is 25.9 Å². The molecule has 1 aliphatic heterocycles. The molecule has 0 unspecified atom stereocenters. The zero-order valence-electron chi connectivity index (χ0n) is 7.61. The van der Waals surface area contributed by atoms with Crippen LogP contribution in [-0.2, 0) is 15.0 Å². The van der Waals surface area contributed by atoms with E-state index in [4.69, 9.17) is 9.90 Å². The van der Waals surface area contributed by atoms with Gasteiger partial charge in [-0.3, -0.25) is 0 Å². The molecule has 0 amide bonds. The minimum Gasteiger partial charge on any atom is -0.475 e. The summed E-state index contributed by atoms with van der Waals surface area (Å²) in [6.45, 7) is -0.169. The van der Waals surface area contributed by atoms with Gasteiger partial charge in [-0.1, -0.05) is 0 Å². The number of hydrogen-bond acceptors (Lipinski definition) is 3. The molecule has 0 saturated carbocycles. The SMILES string of the molecule is NS(=O)(=O)N1CC(F)C1.O=C(O)C(F)(F)F. The Balaban J connectivity index is 0.000000293. The lowest BCUT2D eigenvalue weighted by Crippen LogP contribution is -2.53. The van der Waals surface area contributed by atoms with Crippen LogP contribution in [-0.4, -0.2) is 49.2 Å². The van der Waals surface area contributed by atoms with Crippen LogP contribution < -0.4 is 5.14 Å². The van der Waals surface area contributed by atoms with E-state index in [2.05, 4.69) is 5.14 Å². The normalized spacial score (nSPS) is 18.3. The van der Waals surface area contributed by atoms with E-state index in [1.165, 1.54) is 0 Å². The average molecular weight is 268 g/mol. The molecule has 0 aromatic heterocycles. The van der Waals surface area contributed by atoms with Crippen LogP contribution in [0.4, 0.5) is 17.6 Å². The van der Waals surface area contributed by atoms with Gasteiger partial charge in [0.15, 0.2) is 0 Å². The van der Waals surface area contributed by atoms with E-state index in [1.807, 2.05) is 0 Å².